The fourth-order valence-corrected chi connectivity index (χ4v) is 10.4. The van der Waals surface area contributed by atoms with E-state index in [4.69, 9.17) is 0 Å². The van der Waals surface area contributed by atoms with E-state index in [9.17, 15) is 32.0 Å². The maximum Gasteiger partial charge on any atom is 0.301 e. The topological polar surface area (TPSA) is 168 Å². The first-order valence-corrected chi connectivity index (χ1v) is 21.5. The number of carbonyl (C=O) groups is 4. The number of halogens is 3. The van der Waals surface area contributed by atoms with Gasteiger partial charge in [-0.3, -0.25) is 29.2 Å². The molecule has 2 aromatic heterocycles. The van der Waals surface area contributed by atoms with Crippen molar-refractivity contribution in [3.8, 4) is 11.1 Å². The number of imide groups is 1. The summed E-state index contributed by atoms with van der Waals surface area (Å²) in [7, 11) is -4.36. The van der Waals surface area contributed by atoms with Crippen LogP contribution in [0.25, 0.3) is 22.2 Å². The number of hydrogen-bond acceptors (Lipinski definition) is 9. The fraction of sp³-hybridized carbons (Fsp3) is 0.326. The normalized spacial score (nSPS) is 21.2. The van der Waals surface area contributed by atoms with E-state index in [1.165, 1.54) is 6.20 Å². The smallest absolute Gasteiger partial charge is 0.301 e. The van der Waals surface area contributed by atoms with E-state index in [1.54, 1.807) is 17.2 Å². The van der Waals surface area contributed by atoms with Gasteiger partial charge in [-0.05, 0) is 72.5 Å². The highest BCUT2D eigenvalue weighted by molar-refractivity contribution is 7.90. The monoisotopic (exact) mass is 852 g/mol. The quantitative estimate of drug-likeness (QED) is 0.133. The van der Waals surface area contributed by atoms with Crippen LogP contribution in [-0.2, 0) is 26.3 Å². The molecule has 3 aromatic carbocycles. The van der Waals surface area contributed by atoms with Crippen molar-refractivity contribution < 1.29 is 40.8 Å². The molecular formula is C43H39F3N8O6S. The van der Waals surface area contributed by atoms with Gasteiger partial charge in [0.15, 0.2) is 5.82 Å². The molecule has 14 nitrogen and oxygen atoms in total. The Labute approximate surface area is 347 Å². The molecule has 5 aliphatic heterocycles. The summed E-state index contributed by atoms with van der Waals surface area (Å²) in [6, 6.07) is 16.5. The number of amides is 3. The SMILES string of the molecule is O=C1CCC(N2Cc3cc(N4CC(C5CN(c6ccc(-c7cnc8[nH]cc(C(=O)c9c(F)ccc(NS(=O)(=O)N%10CC[C@@H](F)C%10)c9F)c8c7)cc6)C5)C4)ccc3C2=O)C(=O)N1. The van der Waals surface area contributed by atoms with E-state index in [0.29, 0.717) is 47.0 Å². The van der Waals surface area contributed by atoms with Crippen LogP contribution in [0, 0.1) is 23.5 Å². The third-order valence-corrected chi connectivity index (χ3v) is 14.2. The molecule has 1 unspecified atom stereocenters. The highest BCUT2D eigenvalue weighted by Gasteiger charge is 2.42. The first-order chi connectivity index (χ1) is 29.3. The summed E-state index contributed by atoms with van der Waals surface area (Å²) in [5, 5.41) is 2.67. The lowest BCUT2D eigenvalue weighted by molar-refractivity contribution is -0.136. The van der Waals surface area contributed by atoms with Crippen LogP contribution >= 0.6 is 0 Å². The first-order valence-electron chi connectivity index (χ1n) is 20.1. The van der Waals surface area contributed by atoms with Crippen molar-refractivity contribution in [1.82, 2.24) is 24.5 Å². The summed E-state index contributed by atoms with van der Waals surface area (Å²) in [5.74, 6) is -3.44. The molecule has 5 aliphatic rings. The highest BCUT2D eigenvalue weighted by atomic mass is 32.2. The number of H-pyrrole nitrogens is 1. The van der Waals surface area contributed by atoms with E-state index in [-0.39, 0.29) is 43.3 Å². The average Bonchev–Trinajstić information content (AvgIpc) is 3.93. The maximum atomic E-state index is 15.7. The molecule has 0 spiro atoms. The van der Waals surface area contributed by atoms with E-state index < -0.39 is 57.0 Å². The van der Waals surface area contributed by atoms with Gasteiger partial charge in [-0.15, -0.1) is 0 Å². The minimum Gasteiger partial charge on any atom is -0.371 e. The van der Waals surface area contributed by atoms with Gasteiger partial charge in [-0.2, -0.15) is 12.7 Å². The number of aromatic nitrogens is 2. The molecule has 10 rings (SSSR count). The van der Waals surface area contributed by atoms with Crippen LogP contribution in [0.2, 0.25) is 0 Å². The van der Waals surface area contributed by atoms with Gasteiger partial charge in [0.1, 0.15) is 23.7 Å². The Kier molecular flexibility index (Phi) is 9.39. The minimum absolute atomic E-state index is 0.000924. The summed E-state index contributed by atoms with van der Waals surface area (Å²) in [6.07, 6.45) is 2.14. The van der Waals surface area contributed by atoms with Gasteiger partial charge in [-0.25, -0.2) is 18.2 Å². The molecule has 314 valence electrons. The molecule has 18 heteroatoms. The molecule has 5 aromatic rings. The van der Waals surface area contributed by atoms with Gasteiger partial charge in [0.25, 0.3) is 5.91 Å². The molecule has 4 saturated heterocycles. The zero-order valence-electron chi connectivity index (χ0n) is 32.5. The number of alkyl halides is 1. The number of nitrogens with one attached hydrogen (secondary N) is 3. The van der Waals surface area contributed by atoms with Gasteiger partial charge in [-0.1, -0.05) is 12.1 Å². The molecule has 0 aliphatic carbocycles. The Morgan fingerprint density at radius 3 is 2.28 bits per heavy atom. The van der Waals surface area contributed by atoms with Crippen LogP contribution in [0.15, 0.2) is 73.1 Å². The largest absolute Gasteiger partial charge is 0.371 e. The standard InChI is InChI=1S/C43H39F3N8O6S/c44-28-11-12-53(22-28)61(59,60)50-35-8-7-34(45)38(39(35)46)40(56)33-16-48-41-32(33)14-24(15-47-41)23-1-3-29(4-2-23)51-17-26(18-51)27-19-52(20-27)30-5-6-31-25(13-30)21-54(43(31)58)36-9-10-37(55)49-42(36)57/h1-8,13-16,26-28,36,50H,9-12,17-22H2,(H,47,48)(H,49,55,57)/t28-,36?/m1/s1. The van der Waals surface area contributed by atoms with Crippen LogP contribution in [0.1, 0.15) is 51.1 Å². The van der Waals surface area contributed by atoms with Crippen LogP contribution in [0.5, 0.6) is 0 Å². The van der Waals surface area contributed by atoms with Crippen LogP contribution in [0.4, 0.5) is 30.2 Å². The molecule has 4 fully saturated rings. The molecular weight excluding hydrogens is 814 g/mol. The Hall–Kier alpha value is -6.27. The van der Waals surface area contributed by atoms with Crippen LogP contribution in [-0.4, -0.2) is 103 Å². The zero-order valence-corrected chi connectivity index (χ0v) is 33.4. The predicted octanol–water partition coefficient (Wildman–Crippen LogP) is 4.77. The molecule has 0 radical (unpaired) electrons. The molecule has 2 atom stereocenters. The third kappa shape index (κ3) is 6.86. The Balaban J connectivity index is 0.767. The number of hydrogen-bond donors (Lipinski definition) is 3. The lowest BCUT2D eigenvalue weighted by Crippen LogP contribution is -2.60. The Bertz CT molecular complexity index is 2770. The molecule has 0 saturated carbocycles. The van der Waals surface area contributed by atoms with Crippen molar-refractivity contribution in [1.29, 1.82) is 0 Å². The minimum atomic E-state index is -4.36. The number of carbonyl (C=O) groups excluding carboxylic acids is 4. The zero-order chi connectivity index (χ0) is 42.3. The lowest BCUT2D eigenvalue weighted by atomic mass is 9.80. The number of fused-ring (bicyclic) bond motifs is 2. The predicted molar refractivity (Wildman–Crippen MR) is 219 cm³/mol. The van der Waals surface area contributed by atoms with Crippen molar-refractivity contribution >= 4 is 61.8 Å². The van der Waals surface area contributed by atoms with E-state index in [2.05, 4.69) is 25.1 Å². The number of anilines is 3. The van der Waals surface area contributed by atoms with Crippen LogP contribution < -0.4 is 19.8 Å². The first kappa shape index (κ1) is 38.9. The molecule has 3 amide bonds. The van der Waals surface area contributed by atoms with Gasteiger partial charge >= 0.3 is 10.2 Å². The average molecular weight is 853 g/mol. The maximum absolute atomic E-state index is 15.7. The van der Waals surface area contributed by atoms with Gasteiger partial charge in [0.05, 0.1) is 11.3 Å². The number of benzene rings is 3. The van der Waals surface area contributed by atoms with Crippen molar-refractivity contribution in [2.75, 3.05) is 53.8 Å². The third-order valence-electron chi connectivity index (χ3n) is 12.7. The summed E-state index contributed by atoms with van der Waals surface area (Å²) < 4.78 is 72.9. The molecule has 0 bridgehead atoms. The second-order valence-electron chi connectivity index (χ2n) is 16.4. The number of pyridine rings is 1. The highest BCUT2D eigenvalue weighted by Crippen LogP contribution is 2.39. The van der Waals surface area contributed by atoms with Crippen molar-refractivity contribution in [3.63, 3.8) is 0 Å². The molecule has 61 heavy (non-hydrogen) atoms. The number of rotatable bonds is 10. The van der Waals surface area contributed by atoms with E-state index in [0.717, 1.165) is 65.1 Å². The molecule has 7 heterocycles. The number of ketones is 1. The summed E-state index contributed by atoms with van der Waals surface area (Å²) in [6.45, 7) is 3.49. The van der Waals surface area contributed by atoms with Gasteiger partial charge in [0, 0.05) is 110 Å². The fourth-order valence-electron chi connectivity index (χ4n) is 9.10. The Morgan fingerprint density at radius 2 is 1.57 bits per heavy atom. The van der Waals surface area contributed by atoms with Gasteiger partial charge in [0.2, 0.25) is 17.6 Å². The van der Waals surface area contributed by atoms with E-state index >= 15 is 8.78 Å². The second kappa shape index (κ2) is 14.7. The number of aromatic amines is 1. The second-order valence-corrected chi connectivity index (χ2v) is 18.1. The van der Waals surface area contributed by atoms with E-state index in [1.807, 2.05) is 47.2 Å². The molecule has 3 N–H and O–H groups in total. The van der Waals surface area contributed by atoms with Crippen molar-refractivity contribution in [2.45, 2.75) is 38.0 Å². The van der Waals surface area contributed by atoms with Gasteiger partial charge < -0.3 is 19.7 Å². The Morgan fingerprint density at radius 1 is 0.852 bits per heavy atom. The summed E-state index contributed by atoms with van der Waals surface area (Å²) >= 11 is 0. The number of nitrogens with zero attached hydrogens (tertiary/aromatic N) is 5. The lowest BCUT2D eigenvalue weighted by Gasteiger charge is -2.52. The van der Waals surface area contributed by atoms with Crippen molar-refractivity contribution in [2.24, 2.45) is 11.8 Å². The summed E-state index contributed by atoms with van der Waals surface area (Å²) in [4.78, 5) is 64.4. The number of piperidine rings is 1. The summed E-state index contributed by atoms with van der Waals surface area (Å²) in [5.41, 5.74) is 3.77. The van der Waals surface area contributed by atoms with Crippen molar-refractivity contribution in [3.05, 3.63) is 107 Å². The van der Waals surface area contributed by atoms with Crippen LogP contribution in [0.3, 0.4) is 0 Å².